The predicted molar refractivity (Wildman–Crippen MR) is 120 cm³/mol. The molecule has 4 rings (SSSR count). The quantitative estimate of drug-likeness (QED) is 0.453. The average Bonchev–Trinajstić information content (AvgIpc) is 3.29. The van der Waals surface area contributed by atoms with E-state index in [-0.39, 0.29) is 0 Å². The van der Waals surface area contributed by atoms with Crippen LogP contribution in [0.1, 0.15) is 11.3 Å². The van der Waals surface area contributed by atoms with Gasteiger partial charge in [0.2, 0.25) is 5.89 Å². The van der Waals surface area contributed by atoms with Crippen LogP contribution in [0.25, 0.3) is 40.0 Å². The zero-order valence-corrected chi connectivity index (χ0v) is 18.0. The maximum absolute atomic E-state index is 5.90. The summed E-state index contributed by atoms with van der Waals surface area (Å²) in [7, 11) is 5.57. The van der Waals surface area contributed by atoms with Crippen molar-refractivity contribution in [3.05, 3.63) is 72.6 Å². The SMILES string of the molecule is C=C(c1ccc(-c2cnc(C)c(-c3nnc(-c4ccc(OC)cc4)o3)n2)cc1)N(C)C. The van der Waals surface area contributed by atoms with Gasteiger partial charge in [0.15, 0.2) is 0 Å². The van der Waals surface area contributed by atoms with Gasteiger partial charge < -0.3 is 14.1 Å². The molecule has 156 valence electrons. The first kappa shape index (κ1) is 20.3. The minimum atomic E-state index is 0.329. The van der Waals surface area contributed by atoms with Crippen LogP contribution in [0.5, 0.6) is 5.75 Å². The molecule has 7 nitrogen and oxygen atoms in total. The van der Waals surface area contributed by atoms with Crippen molar-refractivity contribution in [1.82, 2.24) is 25.1 Å². The number of benzene rings is 2. The Balaban J connectivity index is 1.64. The van der Waals surface area contributed by atoms with Gasteiger partial charge in [-0.25, -0.2) is 4.98 Å². The summed E-state index contributed by atoms with van der Waals surface area (Å²) in [5.41, 5.74) is 5.75. The van der Waals surface area contributed by atoms with Gasteiger partial charge in [-0.1, -0.05) is 30.8 Å². The van der Waals surface area contributed by atoms with Gasteiger partial charge in [-0.2, -0.15) is 0 Å². The van der Waals surface area contributed by atoms with Gasteiger partial charge in [0.25, 0.3) is 5.89 Å². The molecule has 0 radical (unpaired) electrons. The minimum absolute atomic E-state index is 0.329. The first-order valence-corrected chi connectivity index (χ1v) is 9.75. The Morgan fingerprint density at radius 1 is 0.935 bits per heavy atom. The van der Waals surface area contributed by atoms with E-state index in [0.717, 1.165) is 33.8 Å². The number of hydrogen-bond donors (Lipinski definition) is 0. The third-order valence-corrected chi connectivity index (χ3v) is 4.97. The molecule has 0 saturated carbocycles. The second kappa shape index (κ2) is 8.39. The molecule has 2 aromatic carbocycles. The molecule has 0 bridgehead atoms. The maximum atomic E-state index is 5.90. The van der Waals surface area contributed by atoms with Crippen LogP contribution in [0, 0.1) is 6.92 Å². The summed E-state index contributed by atoms with van der Waals surface area (Å²) in [6, 6.07) is 15.5. The third-order valence-electron chi connectivity index (χ3n) is 4.97. The molecule has 31 heavy (non-hydrogen) atoms. The van der Waals surface area contributed by atoms with Crippen LogP contribution in [-0.4, -0.2) is 46.3 Å². The highest BCUT2D eigenvalue weighted by Crippen LogP contribution is 2.28. The Morgan fingerprint density at radius 3 is 2.23 bits per heavy atom. The third kappa shape index (κ3) is 4.16. The normalized spacial score (nSPS) is 10.7. The molecule has 0 unspecified atom stereocenters. The molecule has 0 aliphatic rings. The van der Waals surface area contributed by atoms with Gasteiger partial charge in [-0.15, -0.1) is 10.2 Å². The lowest BCUT2D eigenvalue weighted by molar-refractivity contribution is 0.415. The van der Waals surface area contributed by atoms with E-state index in [0.29, 0.717) is 23.2 Å². The Bertz CT molecular complexity index is 1210. The lowest BCUT2D eigenvalue weighted by Crippen LogP contribution is -2.08. The summed E-state index contributed by atoms with van der Waals surface area (Å²) < 4.78 is 11.1. The van der Waals surface area contributed by atoms with Crippen LogP contribution >= 0.6 is 0 Å². The zero-order valence-electron chi connectivity index (χ0n) is 18.0. The van der Waals surface area contributed by atoms with Crippen molar-refractivity contribution < 1.29 is 9.15 Å². The predicted octanol–water partition coefficient (Wildman–Crippen LogP) is 4.71. The minimum Gasteiger partial charge on any atom is -0.497 e. The number of hydrogen-bond acceptors (Lipinski definition) is 7. The summed E-state index contributed by atoms with van der Waals surface area (Å²) in [5, 5.41) is 8.36. The molecule has 0 amide bonds. The fraction of sp³-hybridized carbons (Fsp3) is 0.167. The molecule has 0 atom stereocenters. The lowest BCUT2D eigenvalue weighted by Gasteiger charge is -2.16. The van der Waals surface area contributed by atoms with E-state index in [1.165, 1.54) is 0 Å². The maximum Gasteiger partial charge on any atom is 0.268 e. The van der Waals surface area contributed by atoms with Crippen molar-refractivity contribution in [2.45, 2.75) is 6.92 Å². The zero-order chi connectivity index (χ0) is 22.0. The number of aryl methyl sites for hydroxylation is 1. The molecule has 0 aliphatic heterocycles. The Labute approximate surface area is 181 Å². The van der Waals surface area contributed by atoms with Crippen LogP contribution in [0.2, 0.25) is 0 Å². The first-order chi connectivity index (χ1) is 15.0. The lowest BCUT2D eigenvalue weighted by atomic mass is 10.1. The fourth-order valence-corrected chi connectivity index (χ4v) is 3.05. The first-order valence-electron chi connectivity index (χ1n) is 9.75. The van der Waals surface area contributed by atoms with Crippen molar-refractivity contribution in [1.29, 1.82) is 0 Å². The average molecular weight is 413 g/mol. The van der Waals surface area contributed by atoms with E-state index in [4.69, 9.17) is 14.1 Å². The molecule has 0 fully saturated rings. The van der Waals surface area contributed by atoms with Gasteiger partial charge in [-0.3, -0.25) is 4.98 Å². The summed E-state index contributed by atoms with van der Waals surface area (Å²) in [6.07, 6.45) is 1.75. The molecule has 4 aromatic rings. The van der Waals surface area contributed by atoms with Gasteiger partial charge in [0.1, 0.15) is 11.4 Å². The molecular formula is C24H23N5O2. The molecule has 7 heteroatoms. The molecule has 0 spiro atoms. The Hall–Kier alpha value is -4.00. The highest BCUT2D eigenvalue weighted by atomic mass is 16.5. The highest BCUT2D eigenvalue weighted by molar-refractivity contribution is 5.68. The molecule has 0 aliphatic carbocycles. The topological polar surface area (TPSA) is 77.2 Å². The number of ether oxygens (including phenoxy) is 1. The summed E-state index contributed by atoms with van der Waals surface area (Å²) in [4.78, 5) is 11.2. The van der Waals surface area contributed by atoms with Crippen LogP contribution in [0.3, 0.4) is 0 Å². The fourth-order valence-electron chi connectivity index (χ4n) is 3.05. The summed E-state index contributed by atoms with van der Waals surface area (Å²) in [6.45, 7) is 5.96. The monoisotopic (exact) mass is 413 g/mol. The van der Waals surface area contributed by atoms with Crippen molar-refractivity contribution >= 4 is 5.70 Å². The molecule has 0 N–H and O–H groups in total. The van der Waals surface area contributed by atoms with Crippen LogP contribution < -0.4 is 4.74 Å². The Kier molecular flexibility index (Phi) is 5.49. The molecule has 2 aromatic heterocycles. The van der Waals surface area contributed by atoms with Crippen LogP contribution in [0.15, 0.2) is 65.7 Å². The number of aromatic nitrogens is 4. The largest absolute Gasteiger partial charge is 0.497 e. The van der Waals surface area contributed by atoms with E-state index < -0.39 is 0 Å². The molecular weight excluding hydrogens is 390 g/mol. The van der Waals surface area contributed by atoms with Gasteiger partial charge >= 0.3 is 0 Å². The highest BCUT2D eigenvalue weighted by Gasteiger charge is 2.16. The van der Waals surface area contributed by atoms with E-state index in [1.54, 1.807) is 13.3 Å². The van der Waals surface area contributed by atoms with E-state index in [1.807, 2.05) is 74.4 Å². The Morgan fingerprint density at radius 2 is 1.58 bits per heavy atom. The summed E-state index contributed by atoms with van der Waals surface area (Å²) >= 11 is 0. The standard InChI is InChI=1S/C24H23N5O2/c1-15-22(24-28-27-23(31-24)19-10-12-20(30-5)13-11-19)26-21(14-25-15)18-8-6-17(7-9-18)16(2)29(3)4/h6-14H,2H2,1,3-5H3. The molecule has 0 saturated heterocycles. The van der Waals surface area contributed by atoms with E-state index in [9.17, 15) is 0 Å². The van der Waals surface area contributed by atoms with E-state index in [2.05, 4.69) is 21.8 Å². The second-order valence-corrected chi connectivity index (χ2v) is 7.25. The van der Waals surface area contributed by atoms with Crippen molar-refractivity contribution in [3.8, 4) is 40.0 Å². The smallest absolute Gasteiger partial charge is 0.268 e. The van der Waals surface area contributed by atoms with Crippen molar-refractivity contribution in [2.24, 2.45) is 0 Å². The van der Waals surface area contributed by atoms with Crippen molar-refractivity contribution in [2.75, 3.05) is 21.2 Å². The van der Waals surface area contributed by atoms with Crippen LogP contribution in [0.4, 0.5) is 0 Å². The van der Waals surface area contributed by atoms with Gasteiger partial charge in [-0.05, 0) is 36.8 Å². The van der Waals surface area contributed by atoms with E-state index >= 15 is 0 Å². The van der Waals surface area contributed by atoms with Crippen LogP contribution in [-0.2, 0) is 0 Å². The number of nitrogens with zero attached hydrogens (tertiary/aromatic N) is 5. The van der Waals surface area contributed by atoms with Crippen molar-refractivity contribution in [3.63, 3.8) is 0 Å². The number of methoxy groups -OCH3 is 1. The number of rotatable bonds is 6. The second-order valence-electron chi connectivity index (χ2n) is 7.25. The van der Waals surface area contributed by atoms with Gasteiger partial charge in [0.05, 0.1) is 24.7 Å². The van der Waals surface area contributed by atoms with Gasteiger partial charge in [0, 0.05) is 30.9 Å². The molecule has 2 heterocycles. The summed E-state index contributed by atoms with van der Waals surface area (Å²) in [5.74, 6) is 1.50.